The molecule has 1 saturated heterocycles. The Morgan fingerprint density at radius 3 is 2.60 bits per heavy atom. The summed E-state index contributed by atoms with van der Waals surface area (Å²) in [7, 11) is 0. The minimum atomic E-state index is -1.02. The summed E-state index contributed by atoms with van der Waals surface area (Å²) in [6.07, 6.45) is 10.3. The molecule has 0 unspecified atom stereocenters. The second-order valence-corrected chi connectivity index (χ2v) is 11.6. The number of nitrogens with one attached hydrogen (secondary N) is 3. The van der Waals surface area contributed by atoms with Crippen LogP contribution in [0.5, 0.6) is 0 Å². The molecule has 43 heavy (non-hydrogen) atoms. The summed E-state index contributed by atoms with van der Waals surface area (Å²) in [6, 6.07) is 7.35. The molecule has 2 aromatic carbocycles. The van der Waals surface area contributed by atoms with Crippen molar-refractivity contribution in [3.05, 3.63) is 64.3 Å². The Bertz CT molecular complexity index is 1600. The highest BCUT2D eigenvalue weighted by atomic mass is 35.5. The SMILES string of the molecule is C#CCNC(=O)c1cc(F)cc(F)c1Nc1nc(Nc2ccc3c(c2)N(C(=O)N2CCCC2)CCCC3(C)C)ncc1Cl. The van der Waals surface area contributed by atoms with E-state index in [9.17, 15) is 18.4 Å². The van der Waals surface area contributed by atoms with E-state index < -0.39 is 17.5 Å². The van der Waals surface area contributed by atoms with Gasteiger partial charge in [-0.1, -0.05) is 37.4 Å². The Morgan fingerprint density at radius 1 is 1.09 bits per heavy atom. The quantitative estimate of drug-likeness (QED) is 0.282. The molecule has 224 valence electrons. The summed E-state index contributed by atoms with van der Waals surface area (Å²) >= 11 is 6.32. The standard InChI is InChI=1S/C31H32ClF2N7O2/c1-4-11-35-28(42)21-15-19(33)16-24(34)26(21)38-27-23(32)18-36-29(39-27)37-20-8-9-22-25(17-20)41(14-7-10-31(22,2)3)30(43)40-12-5-6-13-40/h1,8-9,15-18H,5-7,10-14H2,2-3H3,(H,35,42)(H2,36,37,38,39). The molecule has 3 aromatic rings. The first-order valence-corrected chi connectivity index (χ1v) is 14.4. The molecule has 0 radical (unpaired) electrons. The van der Waals surface area contributed by atoms with Gasteiger partial charge in [-0.25, -0.2) is 18.6 Å². The van der Waals surface area contributed by atoms with Gasteiger partial charge in [0.2, 0.25) is 5.95 Å². The van der Waals surface area contributed by atoms with Crippen molar-refractivity contribution in [3.8, 4) is 12.3 Å². The van der Waals surface area contributed by atoms with Crippen LogP contribution in [-0.2, 0) is 5.41 Å². The van der Waals surface area contributed by atoms with Gasteiger partial charge in [0.15, 0.2) is 5.82 Å². The molecule has 1 aromatic heterocycles. The van der Waals surface area contributed by atoms with Gasteiger partial charge >= 0.3 is 6.03 Å². The molecule has 0 bridgehead atoms. The summed E-state index contributed by atoms with van der Waals surface area (Å²) in [5.74, 6) is -0.384. The fraction of sp³-hybridized carbons (Fsp3) is 0.355. The molecule has 2 aliphatic rings. The first kappa shape index (κ1) is 30.0. The van der Waals surface area contributed by atoms with Gasteiger partial charge in [-0.15, -0.1) is 6.42 Å². The number of aromatic nitrogens is 2. The largest absolute Gasteiger partial charge is 0.341 e. The molecular formula is C31H32ClF2N7O2. The summed E-state index contributed by atoms with van der Waals surface area (Å²) in [5.41, 5.74) is 1.76. The Balaban J connectivity index is 1.45. The predicted octanol–water partition coefficient (Wildman–Crippen LogP) is 6.35. The van der Waals surface area contributed by atoms with E-state index in [1.54, 1.807) is 0 Å². The van der Waals surface area contributed by atoms with E-state index in [0.29, 0.717) is 18.3 Å². The van der Waals surface area contributed by atoms with Crippen LogP contribution < -0.4 is 20.9 Å². The molecule has 0 saturated carbocycles. The minimum Gasteiger partial charge on any atom is -0.341 e. The maximum atomic E-state index is 14.9. The Kier molecular flexibility index (Phi) is 8.69. The van der Waals surface area contributed by atoms with Crippen molar-refractivity contribution in [3.63, 3.8) is 0 Å². The van der Waals surface area contributed by atoms with Crippen molar-refractivity contribution in [1.29, 1.82) is 0 Å². The van der Waals surface area contributed by atoms with Gasteiger partial charge in [0.05, 0.1) is 29.7 Å². The number of urea groups is 1. The number of benzene rings is 2. The lowest BCUT2D eigenvalue weighted by Crippen LogP contribution is -2.42. The first-order chi connectivity index (χ1) is 20.6. The van der Waals surface area contributed by atoms with E-state index in [1.807, 2.05) is 28.0 Å². The van der Waals surface area contributed by atoms with Crippen molar-refractivity contribution >= 4 is 52.4 Å². The highest BCUT2D eigenvalue weighted by Crippen LogP contribution is 2.41. The van der Waals surface area contributed by atoms with Gasteiger partial charge in [0.1, 0.15) is 16.7 Å². The minimum absolute atomic E-state index is 0.00578. The maximum Gasteiger partial charge on any atom is 0.324 e. The molecule has 9 nitrogen and oxygen atoms in total. The molecule has 0 atom stereocenters. The average Bonchev–Trinajstić information content (AvgIpc) is 3.47. The lowest BCUT2D eigenvalue weighted by atomic mass is 9.80. The van der Waals surface area contributed by atoms with Crippen LogP contribution in [0.4, 0.5) is 42.4 Å². The van der Waals surface area contributed by atoms with E-state index >= 15 is 0 Å². The molecular weight excluding hydrogens is 576 g/mol. The van der Waals surface area contributed by atoms with Gasteiger partial charge in [-0.2, -0.15) is 4.98 Å². The summed E-state index contributed by atoms with van der Waals surface area (Å²) in [4.78, 5) is 38.5. The number of hydrogen-bond donors (Lipinski definition) is 3. The van der Waals surface area contributed by atoms with Crippen LogP contribution in [0.1, 0.15) is 55.5 Å². The topological polar surface area (TPSA) is 102 Å². The fourth-order valence-electron chi connectivity index (χ4n) is 5.49. The molecule has 12 heteroatoms. The van der Waals surface area contributed by atoms with Crippen LogP contribution in [0.2, 0.25) is 5.02 Å². The van der Waals surface area contributed by atoms with E-state index in [1.165, 1.54) is 6.20 Å². The number of carbonyl (C=O) groups excluding carboxylic acids is 2. The second-order valence-electron chi connectivity index (χ2n) is 11.2. The molecule has 5 rings (SSSR count). The van der Waals surface area contributed by atoms with Crippen molar-refractivity contribution in [2.45, 2.75) is 44.9 Å². The predicted molar refractivity (Wildman–Crippen MR) is 163 cm³/mol. The smallest absolute Gasteiger partial charge is 0.324 e. The van der Waals surface area contributed by atoms with Crippen molar-refractivity contribution < 1.29 is 18.4 Å². The third kappa shape index (κ3) is 6.49. The van der Waals surface area contributed by atoms with E-state index in [-0.39, 0.29) is 46.0 Å². The third-order valence-electron chi connectivity index (χ3n) is 7.70. The van der Waals surface area contributed by atoms with E-state index in [2.05, 4.69) is 45.7 Å². The maximum absolute atomic E-state index is 14.9. The molecule has 2 aliphatic heterocycles. The van der Waals surface area contributed by atoms with Crippen LogP contribution in [0.25, 0.3) is 0 Å². The normalized spacial score (nSPS) is 15.7. The van der Waals surface area contributed by atoms with E-state index in [0.717, 1.165) is 56.1 Å². The molecule has 0 aliphatic carbocycles. The lowest BCUT2D eigenvalue weighted by Gasteiger charge is -2.30. The highest BCUT2D eigenvalue weighted by molar-refractivity contribution is 6.33. The van der Waals surface area contributed by atoms with Crippen LogP contribution in [-0.4, -0.2) is 53.0 Å². The third-order valence-corrected chi connectivity index (χ3v) is 7.98. The Hall–Kier alpha value is -4.43. The van der Waals surface area contributed by atoms with Crippen molar-refractivity contribution in [2.24, 2.45) is 0 Å². The van der Waals surface area contributed by atoms with Crippen molar-refractivity contribution in [2.75, 3.05) is 41.7 Å². The van der Waals surface area contributed by atoms with Crippen LogP contribution in [0, 0.1) is 24.0 Å². The molecule has 3 heterocycles. The summed E-state index contributed by atoms with van der Waals surface area (Å²) in [5, 5.41) is 8.28. The van der Waals surface area contributed by atoms with Crippen LogP contribution in [0.3, 0.4) is 0 Å². The number of fused-ring (bicyclic) bond motifs is 1. The summed E-state index contributed by atoms with van der Waals surface area (Å²) in [6.45, 7) is 6.35. The van der Waals surface area contributed by atoms with Gasteiger partial charge < -0.3 is 20.9 Å². The van der Waals surface area contributed by atoms with Crippen LogP contribution in [0.15, 0.2) is 36.5 Å². The van der Waals surface area contributed by atoms with Crippen LogP contribution >= 0.6 is 11.6 Å². The van der Waals surface area contributed by atoms with E-state index in [4.69, 9.17) is 18.0 Å². The number of likely N-dealkylation sites (tertiary alicyclic amines) is 1. The number of carbonyl (C=O) groups is 2. The molecule has 1 fully saturated rings. The Morgan fingerprint density at radius 2 is 1.86 bits per heavy atom. The number of anilines is 5. The zero-order valence-electron chi connectivity index (χ0n) is 23.9. The first-order valence-electron chi connectivity index (χ1n) is 14.1. The monoisotopic (exact) mass is 607 g/mol. The number of terminal acetylenes is 1. The number of amides is 3. The highest BCUT2D eigenvalue weighted by Gasteiger charge is 2.34. The van der Waals surface area contributed by atoms with Gasteiger partial charge in [-0.3, -0.25) is 9.69 Å². The zero-order chi connectivity index (χ0) is 30.7. The molecule has 3 amide bonds. The van der Waals surface area contributed by atoms with Gasteiger partial charge in [-0.05, 0) is 54.9 Å². The average molecular weight is 608 g/mol. The lowest BCUT2D eigenvalue weighted by molar-refractivity contribution is 0.0958. The molecule has 0 spiro atoms. The number of rotatable bonds is 6. The van der Waals surface area contributed by atoms with Gasteiger partial charge in [0, 0.05) is 31.4 Å². The van der Waals surface area contributed by atoms with Crippen molar-refractivity contribution in [1.82, 2.24) is 20.2 Å². The number of nitrogens with zero attached hydrogens (tertiary/aromatic N) is 4. The molecule has 3 N–H and O–H groups in total. The fourth-order valence-corrected chi connectivity index (χ4v) is 5.62. The van der Waals surface area contributed by atoms with Gasteiger partial charge in [0.25, 0.3) is 5.91 Å². The second kappa shape index (κ2) is 12.4. The Labute approximate surface area is 254 Å². The zero-order valence-corrected chi connectivity index (χ0v) is 24.7. The number of hydrogen-bond acceptors (Lipinski definition) is 6. The summed E-state index contributed by atoms with van der Waals surface area (Å²) < 4.78 is 28.9. The number of halogens is 3.